The van der Waals surface area contributed by atoms with Crippen molar-refractivity contribution in [2.45, 2.75) is 12.8 Å². The van der Waals surface area contributed by atoms with Crippen molar-refractivity contribution < 1.29 is 27.8 Å². The van der Waals surface area contributed by atoms with Crippen LogP contribution in [0.25, 0.3) is 0 Å². The number of alkyl halides is 3. The summed E-state index contributed by atoms with van der Waals surface area (Å²) in [7, 11) is 0. The molecule has 10 heavy (non-hydrogen) atoms. The van der Waals surface area contributed by atoms with Gasteiger partial charge in [-0.25, -0.2) is 0 Å². The molecule has 0 aromatic rings. The molecule has 0 rings (SSSR count). The van der Waals surface area contributed by atoms with Crippen LogP contribution in [0.5, 0.6) is 0 Å². The Balaban J connectivity index is 3.58. The van der Waals surface area contributed by atoms with Crippen LogP contribution in [0.1, 0.15) is 6.42 Å². The quantitative estimate of drug-likeness (QED) is 0.593. The minimum Gasteiger partial charge on any atom is -0.396 e. The van der Waals surface area contributed by atoms with E-state index < -0.39 is 25.4 Å². The third-order valence-corrected chi connectivity index (χ3v) is 0.545. The largest absolute Gasteiger partial charge is 0.575 e. The first-order chi connectivity index (χ1) is 4.45. The van der Waals surface area contributed by atoms with Crippen molar-refractivity contribution in [2.75, 3.05) is 6.61 Å². The van der Waals surface area contributed by atoms with E-state index in [-0.39, 0.29) is 0 Å². The van der Waals surface area contributed by atoms with Crippen LogP contribution >= 0.6 is 0 Å². The van der Waals surface area contributed by atoms with Gasteiger partial charge in [0.25, 0.3) is 0 Å². The van der Waals surface area contributed by atoms with E-state index in [1.807, 2.05) is 0 Å². The van der Waals surface area contributed by atoms with Crippen LogP contribution in [0.3, 0.4) is 0 Å². The fourth-order valence-corrected chi connectivity index (χ4v) is 0.271. The predicted molar refractivity (Wildman–Crippen MR) is 23.8 cm³/mol. The van der Waals surface area contributed by atoms with Gasteiger partial charge in [-0.1, -0.05) is 0 Å². The zero-order valence-corrected chi connectivity index (χ0v) is 4.81. The summed E-state index contributed by atoms with van der Waals surface area (Å²) < 4.78 is 36.2. The molecule has 0 aliphatic rings. The van der Waals surface area contributed by atoms with Crippen LogP contribution in [0.2, 0.25) is 0 Å². The molecule has 0 aliphatic carbocycles. The molecule has 0 aromatic carbocycles. The number of aliphatic hydroxyl groups is 1. The highest BCUT2D eigenvalue weighted by Gasteiger charge is 2.33. The van der Waals surface area contributed by atoms with Gasteiger partial charge in [-0.2, -0.15) is 0 Å². The molecule has 0 radical (unpaired) electrons. The summed E-state index contributed by atoms with van der Waals surface area (Å²) >= 11 is 0. The van der Waals surface area contributed by atoms with Crippen molar-refractivity contribution in [1.29, 1.82) is 0 Å². The first-order valence-electron chi connectivity index (χ1n) is 2.35. The molecule has 0 atom stereocenters. The second-order valence-electron chi connectivity index (χ2n) is 1.39. The Morgan fingerprint density at radius 3 is 2.30 bits per heavy atom. The number of esters is 1. The monoisotopic (exact) mass is 158 g/mol. The number of carbonyl (C=O) groups is 1. The fourth-order valence-electron chi connectivity index (χ4n) is 0.271. The lowest BCUT2D eigenvalue weighted by Gasteiger charge is -2.04. The number of carbonyl (C=O) groups excluding carboxylic acids is 1. The van der Waals surface area contributed by atoms with Gasteiger partial charge in [0.2, 0.25) is 0 Å². The molecule has 0 saturated carbocycles. The lowest BCUT2D eigenvalue weighted by Crippen LogP contribution is -2.19. The van der Waals surface area contributed by atoms with E-state index >= 15 is 0 Å². The maximum absolute atomic E-state index is 11.1. The second kappa shape index (κ2) is 3.40. The van der Waals surface area contributed by atoms with Crippen LogP contribution in [-0.4, -0.2) is 24.0 Å². The zero-order chi connectivity index (χ0) is 8.20. The first-order valence-corrected chi connectivity index (χ1v) is 2.35. The maximum atomic E-state index is 11.1. The van der Waals surface area contributed by atoms with Crippen molar-refractivity contribution in [3.63, 3.8) is 0 Å². The van der Waals surface area contributed by atoms with Crippen molar-refractivity contribution in [2.24, 2.45) is 0 Å². The molecule has 0 aliphatic heterocycles. The molecule has 0 aromatic heterocycles. The van der Waals surface area contributed by atoms with Crippen molar-refractivity contribution >= 4 is 5.97 Å². The Morgan fingerprint density at radius 2 is 2.00 bits per heavy atom. The Morgan fingerprint density at radius 1 is 1.50 bits per heavy atom. The Bertz CT molecular complexity index is 119. The van der Waals surface area contributed by atoms with Gasteiger partial charge in [0, 0.05) is 0 Å². The molecule has 3 nitrogen and oxygen atoms in total. The van der Waals surface area contributed by atoms with Crippen LogP contribution in [0.4, 0.5) is 13.2 Å². The average molecular weight is 158 g/mol. The van der Waals surface area contributed by atoms with E-state index in [4.69, 9.17) is 5.11 Å². The van der Waals surface area contributed by atoms with Crippen LogP contribution in [0, 0.1) is 0 Å². The molecule has 1 N–H and O–H groups in total. The topological polar surface area (TPSA) is 46.5 Å². The lowest BCUT2D eigenvalue weighted by molar-refractivity contribution is -0.305. The van der Waals surface area contributed by atoms with Gasteiger partial charge in [-0.05, 0) is 0 Å². The lowest BCUT2D eigenvalue weighted by atomic mass is 10.5. The summed E-state index contributed by atoms with van der Waals surface area (Å²) in [4.78, 5) is 9.96. The number of rotatable bonds is 2. The number of hydrogen-bond acceptors (Lipinski definition) is 3. The van der Waals surface area contributed by atoms with E-state index in [0.29, 0.717) is 0 Å². The molecule has 0 amide bonds. The molecule has 0 bridgehead atoms. The molecule has 60 valence electrons. The molecule has 6 heteroatoms. The second-order valence-corrected chi connectivity index (χ2v) is 1.39. The molecule has 0 fully saturated rings. The Hall–Kier alpha value is -0.780. The summed E-state index contributed by atoms with van der Waals surface area (Å²) in [6.07, 6.45) is -5.58. The van der Waals surface area contributed by atoms with E-state index in [1.54, 1.807) is 0 Å². The number of ether oxygens (including phenoxy) is 1. The SMILES string of the molecule is O=C(CCO)OC(F)(F)F. The van der Waals surface area contributed by atoms with E-state index in [0.717, 1.165) is 0 Å². The number of halogens is 3. The van der Waals surface area contributed by atoms with Crippen molar-refractivity contribution in [3.8, 4) is 0 Å². The summed E-state index contributed by atoms with van der Waals surface area (Å²) in [5, 5.41) is 7.97. The third-order valence-electron chi connectivity index (χ3n) is 0.545. The fraction of sp³-hybridized carbons (Fsp3) is 0.750. The van der Waals surface area contributed by atoms with E-state index in [1.165, 1.54) is 0 Å². The standard InChI is InChI=1S/C4H5F3O3/c5-4(6,7)10-3(9)1-2-8/h8H,1-2H2. The van der Waals surface area contributed by atoms with Crippen LogP contribution in [-0.2, 0) is 9.53 Å². The molecular weight excluding hydrogens is 153 g/mol. The number of hydrogen-bond donors (Lipinski definition) is 1. The summed E-state index contributed by atoms with van der Waals surface area (Å²) in [6.45, 7) is -0.644. The van der Waals surface area contributed by atoms with Crippen molar-refractivity contribution in [1.82, 2.24) is 0 Å². The van der Waals surface area contributed by atoms with Gasteiger partial charge >= 0.3 is 12.3 Å². The van der Waals surface area contributed by atoms with Gasteiger partial charge in [-0.3, -0.25) is 4.79 Å². The Labute approximate surface area is 54.4 Å². The average Bonchev–Trinajstić information content (AvgIpc) is 1.59. The molecule has 0 spiro atoms. The van der Waals surface area contributed by atoms with Gasteiger partial charge in [0.1, 0.15) is 0 Å². The molecule has 0 unspecified atom stereocenters. The molecule has 0 heterocycles. The summed E-state index contributed by atoms with van der Waals surface area (Å²) in [5.41, 5.74) is 0. The maximum Gasteiger partial charge on any atom is 0.575 e. The first kappa shape index (κ1) is 9.22. The van der Waals surface area contributed by atoms with Gasteiger partial charge in [-0.15, -0.1) is 13.2 Å². The molecular formula is C4H5F3O3. The van der Waals surface area contributed by atoms with Crippen molar-refractivity contribution in [3.05, 3.63) is 0 Å². The van der Waals surface area contributed by atoms with E-state index in [9.17, 15) is 18.0 Å². The third kappa shape index (κ3) is 5.36. The van der Waals surface area contributed by atoms with Gasteiger partial charge in [0.15, 0.2) is 0 Å². The number of aliphatic hydroxyl groups excluding tert-OH is 1. The normalized spacial score (nSPS) is 11.2. The highest BCUT2D eigenvalue weighted by molar-refractivity contribution is 5.69. The van der Waals surface area contributed by atoms with Crippen LogP contribution < -0.4 is 0 Å². The summed E-state index contributed by atoms with van der Waals surface area (Å²) in [6, 6.07) is 0. The molecule has 0 saturated heterocycles. The highest BCUT2D eigenvalue weighted by Crippen LogP contribution is 2.16. The smallest absolute Gasteiger partial charge is 0.396 e. The summed E-state index contributed by atoms with van der Waals surface area (Å²) in [5.74, 6) is -1.48. The Kier molecular flexibility index (Phi) is 3.14. The van der Waals surface area contributed by atoms with E-state index in [2.05, 4.69) is 4.74 Å². The van der Waals surface area contributed by atoms with Crippen LogP contribution in [0.15, 0.2) is 0 Å². The minimum atomic E-state index is -4.94. The van der Waals surface area contributed by atoms with Gasteiger partial charge < -0.3 is 9.84 Å². The minimum absolute atomic E-state index is 0.639. The highest BCUT2D eigenvalue weighted by atomic mass is 19.4. The van der Waals surface area contributed by atoms with Gasteiger partial charge in [0.05, 0.1) is 13.0 Å². The zero-order valence-electron chi connectivity index (χ0n) is 4.81. The predicted octanol–water partition coefficient (Wildman–Crippen LogP) is 0.432.